The predicted octanol–water partition coefficient (Wildman–Crippen LogP) is 1.91. The summed E-state index contributed by atoms with van der Waals surface area (Å²) in [4.78, 5) is 0. The second-order valence-electron chi connectivity index (χ2n) is 5.73. The lowest BCUT2D eigenvalue weighted by Gasteiger charge is -2.22. The maximum absolute atomic E-state index is 9.80. The van der Waals surface area contributed by atoms with Gasteiger partial charge >= 0.3 is 0 Å². The lowest BCUT2D eigenvalue weighted by atomic mass is 9.89. The van der Waals surface area contributed by atoms with Gasteiger partial charge in [-0.1, -0.05) is 20.8 Å². The molecular weight excluding hydrogens is 200 g/mol. The smallest absolute Gasteiger partial charge is 0.0669 e. The number of hydrogen-bond donors (Lipinski definition) is 2. The first-order valence-electron chi connectivity index (χ1n) is 5.86. The molecule has 2 N–H and O–H groups in total. The van der Waals surface area contributed by atoms with Crippen LogP contribution in [-0.4, -0.2) is 22.3 Å². The molecule has 0 saturated heterocycles. The average molecular weight is 224 g/mol. The van der Waals surface area contributed by atoms with Gasteiger partial charge in [0, 0.05) is 32.5 Å². The molecule has 0 aromatic carbocycles. The first-order valence-corrected chi connectivity index (χ1v) is 5.86. The highest BCUT2D eigenvalue weighted by atomic mass is 16.3. The zero-order chi connectivity index (χ0) is 12.2. The Morgan fingerprint density at radius 3 is 2.62 bits per heavy atom. The van der Waals surface area contributed by atoms with Crippen molar-refractivity contribution in [1.82, 2.24) is 9.88 Å². The minimum absolute atomic E-state index is 0.188. The second kappa shape index (κ2) is 5.51. The van der Waals surface area contributed by atoms with E-state index in [-0.39, 0.29) is 11.5 Å². The van der Waals surface area contributed by atoms with Gasteiger partial charge in [-0.05, 0) is 23.5 Å². The van der Waals surface area contributed by atoms with Crippen LogP contribution >= 0.6 is 0 Å². The highest BCUT2D eigenvalue weighted by molar-refractivity contribution is 5.09. The summed E-state index contributed by atoms with van der Waals surface area (Å²) in [7, 11) is 2.01. The fourth-order valence-electron chi connectivity index (χ4n) is 1.83. The Labute approximate surface area is 98.5 Å². The molecule has 0 radical (unpaired) electrons. The first-order chi connectivity index (χ1) is 7.37. The fraction of sp³-hybridized carbons (Fsp3) is 0.692. The van der Waals surface area contributed by atoms with Gasteiger partial charge in [-0.3, -0.25) is 0 Å². The average Bonchev–Trinajstić information content (AvgIpc) is 2.48. The fourth-order valence-corrected chi connectivity index (χ4v) is 1.83. The van der Waals surface area contributed by atoms with E-state index in [1.807, 2.05) is 17.8 Å². The van der Waals surface area contributed by atoms with Crippen molar-refractivity contribution in [2.75, 3.05) is 6.54 Å². The van der Waals surface area contributed by atoms with E-state index in [0.717, 1.165) is 13.0 Å². The number of aliphatic hydroxyl groups excluding tert-OH is 1. The molecule has 1 unspecified atom stereocenters. The molecule has 1 atom stereocenters. The molecule has 0 spiro atoms. The van der Waals surface area contributed by atoms with Crippen molar-refractivity contribution in [3.8, 4) is 0 Å². The molecular formula is C13H24N2O. The van der Waals surface area contributed by atoms with E-state index in [0.29, 0.717) is 6.54 Å². The summed E-state index contributed by atoms with van der Waals surface area (Å²) < 4.78 is 2.03. The Hall–Kier alpha value is -0.800. The van der Waals surface area contributed by atoms with Crippen molar-refractivity contribution in [3.63, 3.8) is 0 Å². The SMILES string of the molecule is Cn1ccc(CNCC(O)CC(C)(C)C)c1. The normalized spacial score (nSPS) is 14.1. The van der Waals surface area contributed by atoms with Gasteiger partial charge in [-0.2, -0.15) is 0 Å². The van der Waals surface area contributed by atoms with Crippen molar-refractivity contribution in [2.24, 2.45) is 12.5 Å². The molecule has 1 heterocycles. The molecule has 3 nitrogen and oxygen atoms in total. The molecule has 92 valence electrons. The van der Waals surface area contributed by atoms with E-state index in [1.54, 1.807) is 0 Å². The maximum atomic E-state index is 9.80. The van der Waals surface area contributed by atoms with Gasteiger partial charge in [0.15, 0.2) is 0 Å². The number of hydrogen-bond acceptors (Lipinski definition) is 2. The van der Waals surface area contributed by atoms with E-state index < -0.39 is 0 Å². The number of aromatic nitrogens is 1. The highest BCUT2D eigenvalue weighted by Gasteiger charge is 2.16. The topological polar surface area (TPSA) is 37.2 Å². The van der Waals surface area contributed by atoms with Crippen molar-refractivity contribution in [2.45, 2.75) is 39.8 Å². The van der Waals surface area contributed by atoms with Gasteiger partial charge in [0.2, 0.25) is 0 Å². The zero-order valence-corrected chi connectivity index (χ0v) is 10.8. The summed E-state index contributed by atoms with van der Waals surface area (Å²) in [5.74, 6) is 0. The van der Waals surface area contributed by atoms with Gasteiger partial charge in [0.05, 0.1) is 6.10 Å². The van der Waals surface area contributed by atoms with Crippen LogP contribution in [0.2, 0.25) is 0 Å². The minimum Gasteiger partial charge on any atom is -0.392 e. The Bertz CT molecular complexity index is 312. The number of nitrogens with one attached hydrogen (secondary N) is 1. The standard InChI is InChI=1S/C13H24N2O/c1-13(2,3)7-12(16)9-14-8-11-5-6-15(4)10-11/h5-6,10,12,14,16H,7-9H2,1-4H3. The van der Waals surface area contributed by atoms with Gasteiger partial charge in [-0.15, -0.1) is 0 Å². The molecule has 0 saturated carbocycles. The second-order valence-corrected chi connectivity index (χ2v) is 5.73. The Morgan fingerprint density at radius 2 is 2.12 bits per heavy atom. The molecule has 0 bridgehead atoms. The van der Waals surface area contributed by atoms with Gasteiger partial charge < -0.3 is 15.0 Å². The van der Waals surface area contributed by atoms with Gasteiger partial charge in [0.1, 0.15) is 0 Å². The van der Waals surface area contributed by atoms with Crippen LogP contribution in [0, 0.1) is 5.41 Å². The molecule has 0 aliphatic carbocycles. The molecule has 16 heavy (non-hydrogen) atoms. The third-order valence-electron chi connectivity index (χ3n) is 2.45. The number of nitrogens with zero attached hydrogens (tertiary/aromatic N) is 1. The van der Waals surface area contributed by atoms with Gasteiger partial charge in [-0.25, -0.2) is 0 Å². The third-order valence-corrected chi connectivity index (χ3v) is 2.45. The summed E-state index contributed by atoms with van der Waals surface area (Å²) in [6, 6.07) is 2.09. The zero-order valence-electron chi connectivity index (χ0n) is 10.8. The Kier molecular flexibility index (Phi) is 4.56. The summed E-state index contributed by atoms with van der Waals surface area (Å²) >= 11 is 0. The van der Waals surface area contributed by atoms with Crippen LogP contribution in [0.3, 0.4) is 0 Å². The number of aliphatic hydroxyl groups is 1. The van der Waals surface area contributed by atoms with Crippen molar-refractivity contribution in [3.05, 3.63) is 24.0 Å². The van der Waals surface area contributed by atoms with E-state index in [9.17, 15) is 5.11 Å². The maximum Gasteiger partial charge on any atom is 0.0669 e. The molecule has 1 aromatic rings. The minimum atomic E-state index is -0.260. The van der Waals surface area contributed by atoms with E-state index in [4.69, 9.17) is 0 Å². The summed E-state index contributed by atoms with van der Waals surface area (Å²) in [5, 5.41) is 13.1. The van der Waals surface area contributed by atoms with Crippen molar-refractivity contribution >= 4 is 0 Å². The van der Waals surface area contributed by atoms with Crippen LogP contribution in [0.25, 0.3) is 0 Å². The summed E-state index contributed by atoms with van der Waals surface area (Å²) in [6.45, 7) is 7.92. The molecule has 1 aromatic heterocycles. The molecule has 0 amide bonds. The molecule has 0 aliphatic rings. The van der Waals surface area contributed by atoms with Crippen LogP contribution in [0.1, 0.15) is 32.8 Å². The van der Waals surface area contributed by atoms with Crippen LogP contribution in [-0.2, 0) is 13.6 Å². The predicted molar refractivity (Wildman–Crippen MR) is 67.2 cm³/mol. The Balaban J connectivity index is 2.20. The molecule has 1 rings (SSSR count). The monoisotopic (exact) mass is 224 g/mol. The van der Waals surface area contributed by atoms with Gasteiger partial charge in [0.25, 0.3) is 0 Å². The summed E-state index contributed by atoms with van der Waals surface area (Å²) in [6.07, 6.45) is 4.68. The molecule has 3 heteroatoms. The highest BCUT2D eigenvalue weighted by Crippen LogP contribution is 2.20. The molecule has 0 aliphatic heterocycles. The third kappa shape index (κ3) is 5.33. The lowest BCUT2D eigenvalue weighted by molar-refractivity contribution is 0.119. The van der Waals surface area contributed by atoms with Crippen molar-refractivity contribution < 1.29 is 5.11 Å². The van der Waals surface area contributed by atoms with E-state index >= 15 is 0 Å². The van der Waals surface area contributed by atoms with Crippen LogP contribution in [0.15, 0.2) is 18.5 Å². The first kappa shape index (κ1) is 13.3. The Morgan fingerprint density at radius 1 is 1.44 bits per heavy atom. The summed E-state index contributed by atoms with van der Waals surface area (Å²) in [5.41, 5.74) is 1.44. The quantitative estimate of drug-likeness (QED) is 0.801. The number of aryl methyl sites for hydroxylation is 1. The van der Waals surface area contributed by atoms with Crippen LogP contribution < -0.4 is 5.32 Å². The molecule has 0 fully saturated rings. The largest absolute Gasteiger partial charge is 0.392 e. The van der Waals surface area contributed by atoms with E-state index in [1.165, 1.54) is 5.56 Å². The number of rotatable bonds is 5. The van der Waals surface area contributed by atoms with E-state index in [2.05, 4.69) is 38.4 Å². The lowest BCUT2D eigenvalue weighted by Crippen LogP contribution is -2.29. The van der Waals surface area contributed by atoms with Crippen LogP contribution in [0.5, 0.6) is 0 Å². The van der Waals surface area contributed by atoms with Crippen LogP contribution in [0.4, 0.5) is 0 Å². The van der Waals surface area contributed by atoms with Crippen molar-refractivity contribution in [1.29, 1.82) is 0 Å².